The maximum Gasteiger partial charge on any atom is 1.00 e. The molecule has 0 spiro atoms. The summed E-state index contributed by atoms with van der Waals surface area (Å²) in [5.41, 5.74) is -0.787. The van der Waals surface area contributed by atoms with Crippen molar-refractivity contribution < 1.29 is 61.6 Å². The number of hydrogen-bond acceptors (Lipinski definition) is 7. The maximum atomic E-state index is 13.0. The molecule has 0 aliphatic rings. The molecule has 7 nitrogen and oxygen atoms in total. The number of allylic oxidation sites excluding steroid dienone is 4. The summed E-state index contributed by atoms with van der Waals surface area (Å²) >= 11 is 0. The molecule has 0 saturated heterocycles. The molecule has 0 bridgehead atoms. The second kappa shape index (κ2) is 41.9. The van der Waals surface area contributed by atoms with Gasteiger partial charge in [-0.1, -0.05) is 198 Å². The minimum Gasteiger partial charge on any atom is -0.744 e. The molecular weight excluding hydrogens is 768 g/mol. The van der Waals surface area contributed by atoms with Crippen molar-refractivity contribution in [3.63, 3.8) is 0 Å². The van der Waals surface area contributed by atoms with Crippen molar-refractivity contribution in [2.24, 2.45) is 0 Å². The fraction of sp³-hybridized carbons (Fsp3) is 0.760. The topological polar surface area (TPSA) is 110 Å². The summed E-state index contributed by atoms with van der Waals surface area (Å²) in [6, 6.07) is 3.62. The molecule has 1 aromatic carbocycles. The average Bonchev–Trinajstić information content (AvgIpc) is 3.21. The first-order valence-corrected chi connectivity index (χ1v) is 25.5. The number of ether oxygens (including phenoxy) is 2. The summed E-state index contributed by atoms with van der Waals surface area (Å²) in [6.07, 6.45) is 50.4. The molecule has 0 radical (unpaired) electrons. The summed E-state index contributed by atoms with van der Waals surface area (Å²) in [5.74, 6) is -1.82. The largest absolute Gasteiger partial charge is 1.00 e. The molecule has 0 heterocycles. The van der Waals surface area contributed by atoms with E-state index < -0.39 is 32.5 Å². The van der Waals surface area contributed by atoms with Crippen molar-refractivity contribution >= 4 is 22.1 Å². The number of unbranched alkanes of at least 4 members (excludes halogenated alkanes) is 30. The van der Waals surface area contributed by atoms with Gasteiger partial charge in [0.05, 0.1) is 29.2 Å². The van der Waals surface area contributed by atoms with Crippen LogP contribution in [-0.2, 0) is 19.6 Å². The van der Waals surface area contributed by atoms with Gasteiger partial charge >= 0.3 is 41.5 Å². The van der Waals surface area contributed by atoms with Gasteiger partial charge in [0.15, 0.2) is 0 Å². The molecule has 1 aromatic rings. The Balaban J connectivity index is 0.0000336. The first-order valence-electron chi connectivity index (χ1n) is 24.1. The molecule has 0 atom stereocenters. The van der Waals surface area contributed by atoms with Crippen LogP contribution < -0.4 is 29.6 Å². The van der Waals surface area contributed by atoms with Gasteiger partial charge < -0.3 is 14.0 Å². The number of carbonyl (C=O) groups is 2. The number of esters is 2. The van der Waals surface area contributed by atoms with E-state index in [0.717, 1.165) is 63.9 Å². The van der Waals surface area contributed by atoms with Crippen LogP contribution in [0.2, 0.25) is 0 Å². The molecule has 9 heteroatoms. The normalized spacial score (nSPS) is 11.7. The van der Waals surface area contributed by atoms with Gasteiger partial charge in [-0.2, -0.15) is 0 Å². The molecule has 0 aliphatic heterocycles. The van der Waals surface area contributed by atoms with Crippen LogP contribution in [0.5, 0.6) is 0 Å². The van der Waals surface area contributed by atoms with Crippen LogP contribution >= 0.6 is 0 Å². The molecule has 0 aliphatic carbocycles. The monoisotopic (exact) mass is 853 g/mol. The molecule has 0 saturated carbocycles. The molecular formula is C50H85NaO7S. The number of hydrogen-bond donors (Lipinski definition) is 0. The summed E-state index contributed by atoms with van der Waals surface area (Å²) in [6.45, 7) is 4.76. The third-order valence-electron chi connectivity index (χ3n) is 11.0. The quantitative estimate of drug-likeness (QED) is 0.0212. The predicted molar refractivity (Wildman–Crippen MR) is 242 cm³/mol. The Bertz CT molecular complexity index is 1310. The molecule has 334 valence electrons. The van der Waals surface area contributed by atoms with E-state index >= 15 is 0 Å². The summed E-state index contributed by atoms with van der Waals surface area (Å²) in [4.78, 5) is 25.2. The van der Waals surface area contributed by atoms with E-state index in [4.69, 9.17) is 9.47 Å². The van der Waals surface area contributed by atoms with Crippen molar-refractivity contribution in [3.8, 4) is 0 Å². The second-order valence-corrected chi connectivity index (χ2v) is 17.7. The molecule has 0 aromatic heterocycles. The van der Waals surface area contributed by atoms with Gasteiger partial charge in [0.25, 0.3) is 0 Å². The van der Waals surface area contributed by atoms with E-state index in [1.54, 1.807) is 0 Å². The van der Waals surface area contributed by atoms with E-state index in [2.05, 4.69) is 38.2 Å². The van der Waals surface area contributed by atoms with Crippen LogP contribution in [-0.4, -0.2) is 38.1 Å². The minimum absolute atomic E-state index is 0. The number of carbonyl (C=O) groups excluding carboxylic acids is 2. The molecule has 0 amide bonds. The van der Waals surface area contributed by atoms with Crippen LogP contribution in [0, 0.1) is 0 Å². The number of rotatable bonds is 41. The standard InChI is InChI=1S/C50H86O7S.Na/c1-3-5-7-9-11-13-15-17-19-21-23-25-27-29-31-33-35-37-39-44-56-49(51)46-42-41-43-47(58(53,54)55)48(46)50(52)57-45-40-38-36-34-32-30-28-26-24-22-20-18-16-14-12-10-8-6-4-2;/h23-26,41-43H,3-22,27-40,44-45H2,1-2H3,(H,53,54,55);/q;+1/p-1/b25-23+,26-24+;. The molecule has 1 rings (SSSR count). The van der Waals surface area contributed by atoms with Gasteiger partial charge in [0, 0.05) is 0 Å². The fourth-order valence-electron chi connectivity index (χ4n) is 7.36. The SMILES string of the molecule is CCCCCCCCCCC/C=C/CCCCCCCCOC(=O)c1cccc(S(=O)(=O)[O-])c1C(=O)OCCCCCCCC/C=C/CCCCCCCCCCC.[Na+]. The average molecular weight is 853 g/mol. The van der Waals surface area contributed by atoms with Gasteiger partial charge in [0.2, 0.25) is 0 Å². The van der Waals surface area contributed by atoms with E-state index in [1.165, 1.54) is 160 Å². The van der Waals surface area contributed by atoms with Crippen LogP contribution in [0.4, 0.5) is 0 Å². The Morgan fingerprint density at radius 3 is 1.12 bits per heavy atom. The second-order valence-electron chi connectivity index (χ2n) is 16.4. The van der Waals surface area contributed by atoms with Crippen molar-refractivity contribution in [2.45, 2.75) is 237 Å². The zero-order valence-corrected chi connectivity index (χ0v) is 41.1. The van der Waals surface area contributed by atoms with Crippen molar-refractivity contribution in [3.05, 3.63) is 53.6 Å². The Kier molecular flexibility index (Phi) is 40.9. The summed E-state index contributed by atoms with van der Waals surface area (Å²) < 4.78 is 46.8. The Labute approximate surface area is 385 Å². The van der Waals surface area contributed by atoms with Gasteiger partial charge in [-0.3, -0.25) is 0 Å². The third-order valence-corrected chi connectivity index (χ3v) is 11.9. The van der Waals surface area contributed by atoms with Gasteiger partial charge in [-0.15, -0.1) is 0 Å². The van der Waals surface area contributed by atoms with E-state index in [0.29, 0.717) is 12.8 Å². The van der Waals surface area contributed by atoms with E-state index in [1.807, 2.05) is 0 Å². The van der Waals surface area contributed by atoms with E-state index in [9.17, 15) is 22.6 Å². The maximum absolute atomic E-state index is 13.0. The minimum atomic E-state index is -5.02. The molecule has 59 heavy (non-hydrogen) atoms. The smallest absolute Gasteiger partial charge is 0.744 e. The predicted octanol–water partition coefficient (Wildman–Crippen LogP) is 12.3. The first-order chi connectivity index (χ1) is 28.3. The van der Waals surface area contributed by atoms with Gasteiger partial charge in [-0.05, 0) is 76.3 Å². The third kappa shape index (κ3) is 33.8. The van der Waals surface area contributed by atoms with Crippen LogP contribution in [0.25, 0.3) is 0 Å². The Morgan fingerprint density at radius 1 is 0.475 bits per heavy atom. The Hall–Kier alpha value is -1.45. The van der Waals surface area contributed by atoms with Crippen LogP contribution in [0.1, 0.15) is 253 Å². The van der Waals surface area contributed by atoms with Crippen molar-refractivity contribution in [2.75, 3.05) is 13.2 Å². The van der Waals surface area contributed by atoms with Gasteiger partial charge in [-0.25, -0.2) is 18.0 Å². The number of benzene rings is 1. The fourth-order valence-corrected chi connectivity index (χ4v) is 8.05. The Morgan fingerprint density at radius 2 is 0.780 bits per heavy atom. The summed E-state index contributed by atoms with van der Waals surface area (Å²) in [5, 5.41) is 0. The van der Waals surface area contributed by atoms with Crippen molar-refractivity contribution in [1.29, 1.82) is 0 Å². The van der Waals surface area contributed by atoms with Crippen LogP contribution in [0.15, 0.2) is 47.4 Å². The first kappa shape index (κ1) is 57.5. The summed E-state index contributed by atoms with van der Waals surface area (Å²) in [7, 11) is -5.02. The zero-order chi connectivity index (χ0) is 42.2. The molecule has 0 fully saturated rings. The van der Waals surface area contributed by atoms with Crippen molar-refractivity contribution in [1.82, 2.24) is 0 Å². The van der Waals surface area contributed by atoms with Gasteiger partial charge in [0.1, 0.15) is 10.1 Å². The zero-order valence-electron chi connectivity index (χ0n) is 38.3. The molecule has 0 N–H and O–H groups in total. The van der Waals surface area contributed by atoms with Crippen LogP contribution in [0.3, 0.4) is 0 Å². The van der Waals surface area contributed by atoms with E-state index in [-0.39, 0.29) is 48.3 Å². The molecule has 0 unspecified atom stereocenters.